The Balaban J connectivity index is 1.39. The molecular formula is C19H16F3N3O2S. The third-order valence-corrected chi connectivity index (χ3v) is 5.64. The summed E-state index contributed by atoms with van der Waals surface area (Å²) in [6.45, 7) is 0.948. The Kier molecular flexibility index (Phi) is 4.62. The molecule has 0 atom stereocenters. The third-order valence-electron chi connectivity index (χ3n) is 4.56. The van der Waals surface area contributed by atoms with Crippen molar-refractivity contribution in [2.24, 2.45) is 5.92 Å². The van der Waals surface area contributed by atoms with E-state index in [1.165, 1.54) is 23.5 Å². The van der Waals surface area contributed by atoms with E-state index < -0.39 is 11.7 Å². The lowest BCUT2D eigenvalue weighted by Gasteiger charge is -2.37. The van der Waals surface area contributed by atoms with Crippen LogP contribution in [-0.4, -0.2) is 31.1 Å². The molecule has 1 aromatic heterocycles. The number of hydrogen-bond acceptors (Lipinski definition) is 5. The Morgan fingerprint density at radius 3 is 2.75 bits per heavy atom. The number of carbonyl (C=O) groups excluding carboxylic acids is 1. The normalized spacial score (nSPS) is 14.8. The SMILES string of the molecule is COc1ccc2nc(N3CC(C(=O)Nc4cccc(C(F)(F)F)c4)C3)sc2c1. The maximum absolute atomic E-state index is 12.8. The number of carbonyl (C=O) groups is 1. The lowest BCUT2D eigenvalue weighted by Crippen LogP contribution is -2.52. The summed E-state index contributed by atoms with van der Waals surface area (Å²) in [5.41, 5.74) is 0.216. The van der Waals surface area contributed by atoms with E-state index in [0.717, 1.165) is 33.2 Å². The third kappa shape index (κ3) is 3.62. The summed E-state index contributed by atoms with van der Waals surface area (Å²) in [5.74, 6) is 0.166. The van der Waals surface area contributed by atoms with Gasteiger partial charge in [0.1, 0.15) is 5.75 Å². The molecule has 1 fully saturated rings. The van der Waals surface area contributed by atoms with E-state index in [1.807, 2.05) is 23.1 Å². The van der Waals surface area contributed by atoms with Crippen molar-refractivity contribution < 1.29 is 22.7 Å². The fourth-order valence-electron chi connectivity index (χ4n) is 2.97. The Labute approximate surface area is 162 Å². The van der Waals surface area contributed by atoms with Gasteiger partial charge in [-0.05, 0) is 36.4 Å². The number of fused-ring (bicyclic) bond motifs is 1. The molecule has 1 amide bonds. The minimum atomic E-state index is -4.44. The molecule has 2 aromatic carbocycles. The highest BCUT2D eigenvalue weighted by molar-refractivity contribution is 7.22. The first-order valence-electron chi connectivity index (χ1n) is 8.51. The predicted molar refractivity (Wildman–Crippen MR) is 102 cm³/mol. The van der Waals surface area contributed by atoms with Gasteiger partial charge in [-0.25, -0.2) is 4.98 Å². The lowest BCUT2D eigenvalue weighted by atomic mass is 10.00. The number of halogens is 3. The summed E-state index contributed by atoms with van der Waals surface area (Å²) in [6.07, 6.45) is -4.44. The second-order valence-corrected chi connectivity index (χ2v) is 7.51. The minimum Gasteiger partial charge on any atom is -0.497 e. The number of hydrogen-bond donors (Lipinski definition) is 1. The zero-order valence-electron chi connectivity index (χ0n) is 14.8. The van der Waals surface area contributed by atoms with E-state index in [2.05, 4.69) is 10.3 Å². The van der Waals surface area contributed by atoms with Crippen LogP contribution < -0.4 is 15.0 Å². The average molecular weight is 407 g/mol. The molecule has 146 valence electrons. The Morgan fingerprint density at radius 2 is 2.04 bits per heavy atom. The molecule has 0 unspecified atom stereocenters. The summed E-state index contributed by atoms with van der Waals surface area (Å²) < 4.78 is 44.5. The molecule has 3 aromatic rings. The van der Waals surface area contributed by atoms with E-state index in [4.69, 9.17) is 4.74 Å². The molecule has 1 N–H and O–H groups in total. The number of alkyl halides is 3. The van der Waals surface area contributed by atoms with Crippen LogP contribution in [0.1, 0.15) is 5.56 Å². The fourth-order valence-corrected chi connectivity index (χ4v) is 3.99. The second-order valence-electron chi connectivity index (χ2n) is 6.50. The highest BCUT2D eigenvalue weighted by atomic mass is 32.1. The van der Waals surface area contributed by atoms with Crippen LogP contribution >= 0.6 is 11.3 Å². The maximum Gasteiger partial charge on any atom is 0.416 e. The van der Waals surface area contributed by atoms with Gasteiger partial charge in [0.25, 0.3) is 0 Å². The first-order chi connectivity index (χ1) is 13.3. The van der Waals surface area contributed by atoms with Gasteiger partial charge in [0.15, 0.2) is 5.13 Å². The molecule has 2 heterocycles. The van der Waals surface area contributed by atoms with Gasteiger partial charge in [-0.2, -0.15) is 13.2 Å². The first kappa shape index (κ1) is 18.5. The largest absolute Gasteiger partial charge is 0.497 e. The smallest absolute Gasteiger partial charge is 0.416 e. The van der Waals surface area contributed by atoms with Crippen molar-refractivity contribution in [3.63, 3.8) is 0 Å². The van der Waals surface area contributed by atoms with E-state index in [-0.39, 0.29) is 17.5 Å². The molecule has 1 aliphatic heterocycles. The summed E-state index contributed by atoms with van der Waals surface area (Å²) >= 11 is 1.51. The number of aromatic nitrogens is 1. The monoisotopic (exact) mass is 407 g/mol. The van der Waals surface area contributed by atoms with Crippen molar-refractivity contribution in [3.05, 3.63) is 48.0 Å². The zero-order chi connectivity index (χ0) is 19.9. The number of rotatable bonds is 4. The van der Waals surface area contributed by atoms with Gasteiger partial charge >= 0.3 is 6.18 Å². The van der Waals surface area contributed by atoms with Crippen LogP contribution in [0.5, 0.6) is 5.75 Å². The fraction of sp³-hybridized carbons (Fsp3) is 0.263. The number of anilines is 2. The first-order valence-corrected chi connectivity index (χ1v) is 9.33. The summed E-state index contributed by atoms with van der Waals surface area (Å²) in [7, 11) is 1.60. The lowest BCUT2D eigenvalue weighted by molar-refractivity contribution is -0.137. The predicted octanol–water partition coefficient (Wildman–Crippen LogP) is 4.40. The van der Waals surface area contributed by atoms with Gasteiger partial charge in [0, 0.05) is 18.8 Å². The van der Waals surface area contributed by atoms with Crippen LogP contribution in [0, 0.1) is 5.92 Å². The van der Waals surface area contributed by atoms with Crippen LogP contribution in [0.15, 0.2) is 42.5 Å². The van der Waals surface area contributed by atoms with Crippen molar-refractivity contribution in [1.29, 1.82) is 0 Å². The highest BCUT2D eigenvalue weighted by Gasteiger charge is 2.35. The van der Waals surface area contributed by atoms with Crippen LogP contribution in [0.4, 0.5) is 24.0 Å². The van der Waals surface area contributed by atoms with Gasteiger partial charge in [0.05, 0.1) is 28.8 Å². The summed E-state index contributed by atoms with van der Waals surface area (Å²) in [6, 6.07) is 10.3. The van der Waals surface area contributed by atoms with Crippen molar-refractivity contribution in [1.82, 2.24) is 4.98 Å². The van der Waals surface area contributed by atoms with Crippen LogP contribution in [0.2, 0.25) is 0 Å². The van der Waals surface area contributed by atoms with E-state index in [9.17, 15) is 18.0 Å². The molecule has 4 rings (SSSR count). The van der Waals surface area contributed by atoms with E-state index >= 15 is 0 Å². The summed E-state index contributed by atoms with van der Waals surface area (Å²) in [4.78, 5) is 18.9. The van der Waals surface area contributed by atoms with E-state index in [0.29, 0.717) is 13.1 Å². The van der Waals surface area contributed by atoms with Crippen molar-refractivity contribution >= 4 is 38.3 Å². The van der Waals surface area contributed by atoms with Gasteiger partial charge < -0.3 is 15.0 Å². The molecule has 0 bridgehead atoms. The van der Waals surface area contributed by atoms with Gasteiger partial charge in [-0.3, -0.25) is 4.79 Å². The average Bonchev–Trinajstić information content (AvgIpc) is 3.02. The zero-order valence-corrected chi connectivity index (χ0v) is 15.6. The Morgan fingerprint density at radius 1 is 1.25 bits per heavy atom. The number of methoxy groups -OCH3 is 1. The standard InChI is InChI=1S/C19H16F3N3O2S/c1-27-14-5-6-15-16(8-14)28-18(24-15)25-9-11(10-25)17(26)23-13-4-2-3-12(7-13)19(20,21)22/h2-8,11H,9-10H2,1H3,(H,23,26). The molecular weight excluding hydrogens is 391 g/mol. The second kappa shape index (κ2) is 6.97. The molecule has 0 spiro atoms. The van der Waals surface area contributed by atoms with Gasteiger partial charge in [-0.15, -0.1) is 0 Å². The molecule has 1 saturated heterocycles. The number of nitrogens with one attached hydrogen (secondary N) is 1. The number of thiazole rings is 1. The molecule has 0 radical (unpaired) electrons. The van der Waals surface area contributed by atoms with Crippen molar-refractivity contribution in [2.45, 2.75) is 6.18 Å². The van der Waals surface area contributed by atoms with Crippen molar-refractivity contribution in [2.75, 3.05) is 30.4 Å². The van der Waals surface area contributed by atoms with E-state index in [1.54, 1.807) is 7.11 Å². The topological polar surface area (TPSA) is 54.5 Å². The maximum atomic E-state index is 12.8. The quantitative estimate of drug-likeness (QED) is 0.697. The number of nitrogens with zero attached hydrogens (tertiary/aromatic N) is 2. The number of benzene rings is 2. The number of amides is 1. The van der Waals surface area contributed by atoms with Gasteiger partial charge in [-0.1, -0.05) is 17.4 Å². The molecule has 28 heavy (non-hydrogen) atoms. The Hall–Kier alpha value is -2.81. The van der Waals surface area contributed by atoms with Crippen LogP contribution in [-0.2, 0) is 11.0 Å². The van der Waals surface area contributed by atoms with Crippen molar-refractivity contribution in [3.8, 4) is 5.75 Å². The van der Waals surface area contributed by atoms with Crippen LogP contribution in [0.25, 0.3) is 10.2 Å². The summed E-state index contributed by atoms with van der Waals surface area (Å²) in [5, 5.41) is 3.38. The number of ether oxygens (including phenoxy) is 1. The molecule has 0 saturated carbocycles. The van der Waals surface area contributed by atoms with Crippen LogP contribution in [0.3, 0.4) is 0 Å². The molecule has 5 nitrogen and oxygen atoms in total. The highest BCUT2D eigenvalue weighted by Crippen LogP contribution is 2.35. The molecule has 0 aliphatic carbocycles. The van der Waals surface area contributed by atoms with Gasteiger partial charge in [0.2, 0.25) is 5.91 Å². The Bertz CT molecular complexity index is 1030. The molecule has 9 heteroatoms. The molecule has 1 aliphatic rings. The minimum absolute atomic E-state index is 0.144.